The van der Waals surface area contributed by atoms with E-state index in [-0.39, 0.29) is 11.7 Å². The number of fused-ring (bicyclic) bond motifs is 3. The number of hydrogen-bond acceptors (Lipinski definition) is 4. The zero-order chi connectivity index (χ0) is 22.0. The van der Waals surface area contributed by atoms with Crippen LogP contribution in [0.2, 0.25) is 0 Å². The topological polar surface area (TPSA) is 68.5 Å². The lowest BCUT2D eigenvalue weighted by molar-refractivity contribution is -0.111. The van der Waals surface area contributed by atoms with Gasteiger partial charge in [0.05, 0.1) is 6.61 Å². The fourth-order valence-corrected chi connectivity index (χ4v) is 4.14. The molecule has 1 amide bonds. The second-order valence-corrected chi connectivity index (χ2v) is 7.94. The lowest BCUT2D eigenvalue weighted by atomic mass is 9.94. The van der Waals surface area contributed by atoms with Gasteiger partial charge in [0.15, 0.2) is 5.78 Å². The number of amides is 1. The SMILES string of the molecule is CCOc1cc2oc3c(c2cc1/C(C)=C/C(=O)Nc1cccc(C(C)=O)c1)CCCC3. The van der Waals surface area contributed by atoms with E-state index in [0.29, 0.717) is 23.6 Å². The molecule has 160 valence electrons. The molecule has 0 fully saturated rings. The molecule has 3 aromatic rings. The van der Waals surface area contributed by atoms with Crippen LogP contribution in [0.3, 0.4) is 0 Å². The van der Waals surface area contributed by atoms with Crippen LogP contribution in [0.1, 0.15) is 60.9 Å². The van der Waals surface area contributed by atoms with Gasteiger partial charge in [0.2, 0.25) is 5.91 Å². The molecule has 0 bridgehead atoms. The van der Waals surface area contributed by atoms with Gasteiger partial charge in [0, 0.05) is 46.3 Å². The Morgan fingerprint density at radius 2 is 1.94 bits per heavy atom. The summed E-state index contributed by atoms with van der Waals surface area (Å²) in [5.74, 6) is 1.49. The van der Waals surface area contributed by atoms with Crippen LogP contribution in [-0.4, -0.2) is 18.3 Å². The Bertz CT molecular complexity index is 1190. The summed E-state index contributed by atoms with van der Waals surface area (Å²) in [5.41, 5.74) is 4.96. The highest BCUT2D eigenvalue weighted by Gasteiger charge is 2.20. The third-order valence-corrected chi connectivity index (χ3v) is 5.67. The highest BCUT2D eigenvalue weighted by Crippen LogP contribution is 2.38. The van der Waals surface area contributed by atoms with E-state index in [1.54, 1.807) is 30.3 Å². The zero-order valence-electron chi connectivity index (χ0n) is 18.2. The van der Waals surface area contributed by atoms with Gasteiger partial charge in [-0.25, -0.2) is 0 Å². The van der Waals surface area contributed by atoms with Crippen molar-refractivity contribution in [2.45, 2.75) is 46.5 Å². The highest BCUT2D eigenvalue weighted by atomic mass is 16.5. The summed E-state index contributed by atoms with van der Waals surface area (Å²) < 4.78 is 12.0. The number of furan rings is 1. The minimum Gasteiger partial charge on any atom is -0.493 e. The van der Waals surface area contributed by atoms with Gasteiger partial charge in [0.25, 0.3) is 0 Å². The first-order valence-corrected chi connectivity index (χ1v) is 10.8. The molecule has 0 saturated carbocycles. The van der Waals surface area contributed by atoms with E-state index < -0.39 is 0 Å². The molecule has 0 radical (unpaired) electrons. The van der Waals surface area contributed by atoms with Crippen LogP contribution in [0.25, 0.3) is 16.5 Å². The van der Waals surface area contributed by atoms with Crippen LogP contribution >= 0.6 is 0 Å². The summed E-state index contributed by atoms with van der Waals surface area (Å²) in [7, 11) is 0. The molecular weight excluding hydrogens is 390 g/mol. The van der Waals surface area contributed by atoms with Crippen molar-refractivity contribution < 1.29 is 18.7 Å². The van der Waals surface area contributed by atoms with Gasteiger partial charge in [-0.1, -0.05) is 12.1 Å². The number of ether oxygens (including phenoxy) is 1. The van der Waals surface area contributed by atoms with Crippen LogP contribution in [0.5, 0.6) is 5.75 Å². The fourth-order valence-electron chi connectivity index (χ4n) is 4.14. The van der Waals surface area contributed by atoms with E-state index in [9.17, 15) is 9.59 Å². The number of nitrogens with one attached hydrogen (secondary N) is 1. The number of rotatable bonds is 6. The molecule has 1 N–H and O–H groups in total. The molecule has 1 aliphatic rings. The monoisotopic (exact) mass is 417 g/mol. The van der Waals surface area contributed by atoms with Crippen LogP contribution in [0, 0.1) is 0 Å². The minimum atomic E-state index is -0.255. The molecule has 5 heteroatoms. The quantitative estimate of drug-likeness (QED) is 0.397. The number of anilines is 1. The first-order chi connectivity index (χ1) is 15.0. The Kier molecular flexibility index (Phi) is 5.94. The Balaban J connectivity index is 1.66. The van der Waals surface area contributed by atoms with E-state index in [0.717, 1.165) is 47.1 Å². The zero-order valence-corrected chi connectivity index (χ0v) is 18.2. The first-order valence-electron chi connectivity index (χ1n) is 10.8. The second-order valence-electron chi connectivity index (χ2n) is 7.94. The largest absolute Gasteiger partial charge is 0.493 e. The Morgan fingerprint density at radius 1 is 1.13 bits per heavy atom. The van der Waals surface area contributed by atoms with Gasteiger partial charge in [-0.2, -0.15) is 0 Å². The Morgan fingerprint density at radius 3 is 2.71 bits per heavy atom. The molecule has 0 atom stereocenters. The standard InChI is InChI=1S/C26H27NO4/c1-4-30-24-15-25-22(20-10-5-6-11-23(20)31-25)14-21(24)16(2)12-26(29)27-19-9-7-8-18(13-19)17(3)28/h7-9,12-15H,4-6,10-11H2,1-3H3,(H,27,29)/b16-12+. The van der Waals surface area contributed by atoms with Gasteiger partial charge < -0.3 is 14.5 Å². The molecule has 4 rings (SSSR count). The Hall–Kier alpha value is -3.34. The fraction of sp³-hybridized carbons (Fsp3) is 0.308. The lowest BCUT2D eigenvalue weighted by Crippen LogP contribution is -2.09. The van der Waals surface area contributed by atoms with Gasteiger partial charge in [-0.15, -0.1) is 0 Å². The van der Waals surface area contributed by atoms with Crippen LogP contribution in [-0.2, 0) is 17.6 Å². The molecule has 0 aliphatic heterocycles. The van der Waals surface area contributed by atoms with Crippen molar-refractivity contribution in [1.29, 1.82) is 0 Å². The van der Waals surface area contributed by atoms with Crippen LogP contribution in [0.4, 0.5) is 5.69 Å². The maximum absolute atomic E-state index is 12.7. The van der Waals surface area contributed by atoms with Crippen molar-refractivity contribution in [1.82, 2.24) is 0 Å². The summed E-state index contributed by atoms with van der Waals surface area (Å²) in [5, 5.41) is 3.95. The van der Waals surface area contributed by atoms with E-state index in [1.807, 2.05) is 19.9 Å². The summed E-state index contributed by atoms with van der Waals surface area (Å²) in [6, 6.07) is 11.0. The van der Waals surface area contributed by atoms with Crippen LogP contribution < -0.4 is 10.1 Å². The molecule has 1 heterocycles. The minimum absolute atomic E-state index is 0.0408. The molecule has 1 aliphatic carbocycles. The summed E-state index contributed by atoms with van der Waals surface area (Å²) in [4.78, 5) is 24.2. The highest BCUT2D eigenvalue weighted by molar-refractivity contribution is 6.05. The molecule has 31 heavy (non-hydrogen) atoms. The number of carbonyl (C=O) groups is 2. The van der Waals surface area contributed by atoms with Crippen molar-refractivity contribution in [2.75, 3.05) is 11.9 Å². The van der Waals surface area contributed by atoms with E-state index in [2.05, 4.69) is 11.4 Å². The van der Waals surface area contributed by atoms with Crippen molar-refractivity contribution in [3.8, 4) is 5.75 Å². The van der Waals surface area contributed by atoms with Gasteiger partial charge in [-0.3, -0.25) is 9.59 Å². The molecular formula is C26H27NO4. The normalized spacial score (nSPS) is 13.7. The summed E-state index contributed by atoms with van der Waals surface area (Å²) >= 11 is 0. The number of ketones is 1. The smallest absolute Gasteiger partial charge is 0.248 e. The van der Waals surface area contributed by atoms with E-state index in [4.69, 9.17) is 9.15 Å². The lowest BCUT2D eigenvalue weighted by Gasteiger charge is -2.12. The first kappa shape index (κ1) is 20.9. The van der Waals surface area contributed by atoms with Crippen molar-refractivity contribution in [3.63, 3.8) is 0 Å². The number of benzene rings is 2. The Labute approximate surface area is 182 Å². The number of Topliss-reactive ketones (excluding diaryl/α,β-unsaturated/α-hetero) is 1. The van der Waals surface area contributed by atoms with Gasteiger partial charge >= 0.3 is 0 Å². The van der Waals surface area contributed by atoms with Crippen molar-refractivity contribution in [3.05, 3.63) is 64.9 Å². The molecule has 0 spiro atoms. The van der Waals surface area contributed by atoms with Gasteiger partial charge in [0.1, 0.15) is 17.1 Å². The van der Waals surface area contributed by atoms with E-state index >= 15 is 0 Å². The predicted octanol–water partition coefficient (Wildman–Crippen LogP) is 5.95. The second kappa shape index (κ2) is 8.80. The molecule has 0 saturated heterocycles. The van der Waals surface area contributed by atoms with Crippen molar-refractivity contribution >= 4 is 33.9 Å². The van der Waals surface area contributed by atoms with Crippen LogP contribution in [0.15, 0.2) is 46.9 Å². The van der Waals surface area contributed by atoms with Crippen molar-refractivity contribution in [2.24, 2.45) is 0 Å². The number of carbonyl (C=O) groups excluding carboxylic acids is 2. The summed E-state index contributed by atoms with van der Waals surface area (Å²) in [6.45, 7) is 5.87. The average Bonchev–Trinajstić information content (AvgIpc) is 3.11. The third-order valence-electron chi connectivity index (χ3n) is 5.67. The molecule has 2 aromatic carbocycles. The third kappa shape index (κ3) is 4.41. The number of aryl methyl sites for hydroxylation is 2. The summed E-state index contributed by atoms with van der Waals surface area (Å²) in [6.07, 6.45) is 5.88. The molecule has 1 aromatic heterocycles. The number of allylic oxidation sites excluding steroid dienone is 1. The van der Waals surface area contributed by atoms with Gasteiger partial charge in [-0.05, 0) is 63.8 Å². The predicted molar refractivity (Wildman–Crippen MR) is 123 cm³/mol. The maximum Gasteiger partial charge on any atom is 0.248 e. The van der Waals surface area contributed by atoms with E-state index in [1.165, 1.54) is 18.9 Å². The maximum atomic E-state index is 12.7. The molecule has 0 unspecified atom stereocenters. The average molecular weight is 418 g/mol. The molecule has 5 nitrogen and oxygen atoms in total. The number of hydrogen-bond donors (Lipinski definition) is 1.